The first-order valence-electron chi connectivity index (χ1n) is 5.56. The van der Waals surface area contributed by atoms with Gasteiger partial charge in [0.15, 0.2) is 0 Å². The van der Waals surface area contributed by atoms with Crippen LogP contribution in [0.25, 0.3) is 0 Å². The van der Waals surface area contributed by atoms with Crippen LogP contribution in [0.3, 0.4) is 0 Å². The fraction of sp³-hybridized carbons (Fsp3) is 0.500. The van der Waals surface area contributed by atoms with Crippen molar-refractivity contribution in [3.63, 3.8) is 0 Å². The lowest BCUT2D eigenvalue weighted by molar-refractivity contribution is 0.701. The number of thioether (sulfide) groups is 2. The van der Waals surface area contributed by atoms with Crippen molar-refractivity contribution in [3.05, 3.63) is 23.8 Å². The van der Waals surface area contributed by atoms with Gasteiger partial charge in [0.1, 0.15) is 0 Å². The average molecular weight is 256 g/mol. The maximum absolute atomic E-state index is 5.64. The molecule has 0 radical (unpaired) electrons. The molecule has 0 amide bonds. The summed E-state index contributed by atoms with van der Waals surface area (Å²) in [6.07, 6.45) is 0.483. The highest BCUT2D eigenvalue weighted by atomic mass is 32.2. The van der Waals surface area contributed by atoms with Gasteiger partial charge in [-0.15, -0.1) is 23.5 Å². The van der Waals surface area contributed by atoms with Crippen LogP contribution in [-0.4, -0.2) is 17.7 Å². The molecular formula is C12H20N2S2. The molecule has 0 spiro atoms. The first kappa shape index (κ1) is 13.9. The minimum atomic E-state index is -0.263. The van der Waals surface area contributed by atoms with Gasteiger partial charge in [0.05, 0.1) is 6.17 Å². The van der Waals surface area contributed by atoms with Gasteiger partial charge in [-0.1, -0.05) is 13.8 Å². The lowest BCUT2D eigenvalue weighted by Gasteiger charge is -2.10. The summed E-state index contributed by atoms with van der Waals surface area (Å²) in [5.74, 6) is 2.18. The summed E-state index contributed by atoms with van der Waals surface area (Å²) in [6.45, 7) is 4.33. The molecule has 0 saturated carbocycles. The Morgan fingerprint density at radius 2 is 1.50 bits per heavy atom. The Labute approximate surface area is 107 Å². The van der Waals surface area contributed by atoms with Crippen molar-refractivity contribution in [2.24, 2.45) is 11.5 Å². The molecule has 0 heterocycles. The molecule has 1 aromatic carbocycles. The molecule has 0 bridgehead atoms. The highest BCUT2D eigenvalue weighted by Gasteiger charge is 2.04. The zero-order valence-corrected chi connectivity index (χ0v) is 11.5. The number of hydrogen-bond donors (Lipinski definition) is 2. The van der Waals surface area contributed by atoms with E-state index in [2.05, 4.69) is 32.0 Å². The van der Waals surface area contributed by atoms with E-state index in [1.807, 2.05) is 23.5 Å². The fourth-order valence-corrected chi connectivity index (χ4v) is 3.15. The van der Waals surface area contributed by atoms with Crippen molar-refractivity contribution in [1.29, 1.82) is 0 Å². The Kier molecular flexibility index (Phi) is 6.28. The molecule has 0 unspecified atom stereocenters. The van der Waals surface area contributed by atoms with E-state index in [1.165, 1.54) is 15.4 Å². The van der Waals surface area contributed by atoms with Gasteiger partial charge in [-0.2, -0.15) is 0 Å². The molecule has 4 N–H and O–H groups in total. The third kappa shape index (κ3) is 4.78. The zero-order chi connectivity index (χ0) is 12.0. The monoisotopic (exact) mass is 256 g/mol. The summed E-state index contributed by atoms with van der Waals surface area (Å²) < 4.78 is 0. The molecular weight excluding hydrogens is 236 g/mol. The third-order valence-electron chi connectivity index (χ3n) is 2.03. The predicted molar refractivity (Wildman–Crippen MR) is 75.1 cm³/mol. The number of hydrogen-bond acceptors (Lipinski definition) is 4. The van der Waals surface area contributed by atoms with E-state index >= 15 is 0 Å². The van der Waals surface area contributed by atoms with Crippen LogP contribution >= 0.6 is 23.5 Å². The zero-order valence-electron chi connectivity index (χ0n) is 9.90. The van der Waals surface area contributed by atoms with E-state index in [9.17, 15) is 0 Å². The molecule has 0 atom stereocenters. The largest absolute Gasteiger partial charge is 0.316 e. The van der Waals surface area contributed by atoms with Crippen LogP contribution in [0.15, 0.2) is 28.0 Å². The molecule has 0 aliphatic rings. The van der Waals surface area contributed by atoms with E-state index in [-0.39, 0.29) is 6.17 Å². The SMILES string of the molecule is CCSc1cc(CC(N)N)cc(SCC)c1. The van der Waals surface area contributed by atoms with Crippen molar-refractivity contribution in [3.8, 4) is 0 Å². The van der Waals surface area contributed by atoms with E-state index in [0.717, 1.165) is 17.9 Å². The lowest BCUT2D eigenvalue weighted by atomic mass is 10.1. The number of rotatable bonds is 6. The Morgan fingerprint density at radius 1 is 1.00 bits per heavy atom. The maximum atomic E-state index is 5.64. The highest BCUT2D eigenvalue weighted by molar-refractivity contribution is 8.00. The van der Waals surface area contributed by atoms with E-state index in [1.54, 1.807) is 0 Å². The van der Waals surface area contributed by atoms with Crippen molar-refractivity contribution < 1.29 is 0 Å². The van der Waals surface area contributed by atoms with Crippen LogP contribution < -0.4 is 11.5 Å². The second-order valence-electron chi connectivity index (χ2n) is 3.55. The van der Waals surface area contributed by atoms with Crippen LogP contribution in [0.5, 0.6) is 0 Å². The van der Waals surface area contributed by atoms with Crippen LogP contribution in [0.4, 0.5) is 0 Å². The smallest absolute Gasteiger partial charge is 0.0562 e. The highest BCUT2D eigenvalue weighted by Crippen LogP contribution is 2.27. The standard InChI is InChI=1S/C12H20N2S2/c1-3-15-10-5-9(7-12(13)14)6-11(8-10)16-4-2/h5-6,8,12H,3-4,7,13-14H2,1-2H3. The second kappa shape index (κ2) is 7.22. The molecule has 16 heavy (non-hydrogen) atoms. The minimum absolute atomic E-state index is 0.263. The van der Waals surface area contributed by atoms with E-state index < -0.39 is 0 Å². The average Bonchev–Trinajstić information content (AvgIpc) is 2.17. The number of nitrogens with two attached hydrogens (primary N) is 2. The summed E-state index contributed by atoms with van der Waals surface area (Å²) in [6, 6.07) is 6.63. The molecule has 0 aliphatic carbocycles. The van der Waals surface area contributed by atoms with Crippen LogP contribution in [0.1, 0.15) is 19.4 Å². The molecule has 90 valence electrons. The molecule has 0 aromatic heterocycles. The van der Waals surface area contributed by atoms with Crippen LogP contribution in [0.2, 0.25) is 0 Å². The summed E-state index contributed by atoms with van der Waals surface area (Å²) >= 11 is 3.72. The minimum Gasteiger partial charge on any atom is -0.316 e. The van der Waals surface area contributed by atoms with E-state index in [0.29, 0.717) is 0 Å². The molecule has 0 fully saturated rings. The van der Waals surface area contributed by atoms with Crippen molar-refractivity contribution in [1.82, 2.24) is 0 Å². The van der Waals surface area contributed by atoms with Gasteiger partial charge in [-0.05, 0) is 35.3 Å². The van der Waals surface area contributed by atoms with Crippen molar-refractivity contribution in [2.75, 3.05) is 11.5 Å². The summed E-state index contributed by atoms with van der Waals surface area (Å²) in [4.78, 5) is 2.63. The topological polar surface area (TPSA) is 52.0 Å². The van der Waals surface area contributed by atoms with Crippen molar-refractivity contribution >= 4 is 23.5 Å². The van der Waals surface area contributed by atoms with Crippen molar-refractivity contribution in [2.45, 2.75) is 36.2 Å². The van der Waals surface area contributed by atoms with Gasteiger partial charge in [0, 0.05) is 16.2 Å². The Hall–Kier alpha value is -0.160. The van der Waals surface area contributed by atoms with Gasteiger partial charge >= 0.3 is 0 Å². The maximum Gasteiger partial charge on any atom is 0.0562 e. The normalized spacial score (nSPS) is 11.1. The Morgan fingerprint density at radius 3 is 1.88 bits per heavy atom. The predicted octanol–water partition coefficient (Wildman–Crippen LogP) is 2.70. The third-order valence-corrected chi connectivity index (χ3v) is 3.75. The van der Waals surface area contributed by atoms with Gasteiger partial charge < -0.3 is 11.5 Å². The summed E-state index contributed by atoms with van der Waals surface area (Å²) in [5.41, 5.74) is 12.5. The molecule has 0 aliphatic heterocycles. The summed E-state index contributed by atoms with van der Waals surface area (Å²) in [7, 11) is 0. The Bertz CT molecular complexity index is 303. The molecule has 1 rings (SSSR count). The molecule has 1 aromatic rings. The van der Waals surface area contributed by atoms with Gasteiger partial charge in [-0.3, -0.25) is 0 Å². The molecule has 0 saturated heterocycles. The van der Waals surface area contributed by atoms with E-state index in [4.69, 9.17) is 11.5 Å². The Balaban J connectivity index is 2.88. The van der Waals surface area contributed by atoms with Gasteiger partial charge in [-0.25, -0.2) is 0 Å². The van der Waals surface area contributed by atoms with Gasteiger partial charge in [0.25, 0.3) is 0 Å². The second-order valence-corrected chi connectivity index (χ2v) is 6.22. The van der Waals surface area contributed by atoms with Crippen LogP contribution in [-0.2, 0) is 6.42 Å². The van der Waals surface area contributed by atoms with Gasteiger partial charge in [0.2, 0.25) is 0 Å². The van der Waals surface area contributed by atoms with Crippen LogP contribution in [0, 0.1) is 0 Å². The molecule has 2 nitrogen and oxygen atoms in total. The fourth-order valence-electron chi connectivity index (χ4n) is 1.52. The summed E-state index contributed by atoms with van der Waals surface area (Å²) in [5, 5.41) is 0. The first-order valence-corrected chi connectivity index (χ1v) is 7.53. The lowest BCUT2D eigenvalue weighted by Crippen LogP contribution is -2.32. The quantitative estimate of drug-likeness (QED) is 0.607. The number of benzene rings is 1. The first-order chi connectivity index (χ1) is 7.65. The molecule has 4 heteroatoms.